The average Bonchev–Trinajstić information content (AvgIpc) is 2.15. The van der Waals surface area contributed by atoms with Crippen molar-refractivity contribution < 1.29 is 0 Å². The van der Waals surface area contributed by atoms with Crippen LogP contribution in [0.2, 0.25) is 0 Å². The number of rotatable bonds is 0. The Balaban J connectivity index is 0.000000171. The van der Waals surface area contributed by atoms with Gasteiger partial charge in [0.25, 0.3) is 0 Å². The van der Waals surface area contributed by atoms with Crippen molar-refractivity contribution in [2.24, 2.45) is 0 Å². The van der Waals surface area contributed by atoms with Crippen molar-refractivity contribution in [1.29, 1.82) is 0 Å². The smallest absolute Gasteiger partial charge is 0.127 e. The van der Waals surface area contributed by atoms with Crippen LogP contribution in [0.15, 0.2) is 30.3 Å². The van der Waals surface area contributed by atoms with Crippen molar-refractivity contribution in [1.82, 2.24) is 9.97 Å². The quantitative estimate of drug-likeness (QED) is 0.431. The van der Waals surface area contributed by atoms with Crippen LogP contribution in [0.3, 0.4) is 0 Å². The van der Waals surface area contributed by atoms with E-state index in [-0.39, 0.29) is 0 Å². The van der Waals surface area contributed by atoms with Crippen LogP contribution in [0.1, 0.15) is 0 Å². The van der Waals surface area contributed by atoms with E-state index >= 15 is 0 Å². The van der Waals surface area contributed by atoms with E-state index < -0.39 is 0 Å². The number of nitrogens with zero attached hydrogens (tertiary/aromatic N) is 2. The maximum absolute atomic E-state index is 5.36. The highest BCUT2D eigenvalue weighted by atomic mass is 14.9. The second-order valence-corrected chi connectivity index (χ2v) is 3.24. The minimum atomic E-state index is 0.354. The molecule has 0 atom stereocenters. The van der Waals surface area contributed by atoms with Gasteiger partial charge in [0.15, 0.2) is 0 Å². The Kier molecular flexibility index (Phi) is 3.93. The summed E-state index contributed by atoms with van der Waals surface area (Å²) in [5.74, 6) is 1.63. The van der Waals surface area contributed by atoms with Crippen molar-refractivity contribution in [2.75, 3.05) is 28.7 Å². The highest BCUT2D eigenvalue weighted by Gasteiger charge is 1.90. The van der Waals surface area contributed by atoms with Crippen LogP contribution in [-0.2, 0) is 0 Å². The molecule has 7 heteroatoms. The number of hydrogen-bond donors (Lipinski definition) is 5. The molecule has 90 valence electrons. The molecule has 0 unspecified atom stereocenters. The van der Waals surface area contributed by atoms with Crippen molar-refractivity contribution in [3.8, 4) is 0 Å². The molecule has 10 N–H and O–H groups in total. The highest BCUT2D eigenvalue weighted by Crippen LogP contribution is 2.09. The zero-order valence-electron chi connectivity index (χ0n) is 9.17. The fourth-order valence-electron chi connectivity index (χ4n) is 1.07. The van der Waals surface area contributed by atoms with Gasteiger partial charge in [-0.1, -0.05) is 6.07 Å². The van der Waals surface area contributed by atoms with Gasteiger partial charge in [0.05, 0.1) is 0 Å². The summed E-state index contributed by atoms with van der Waals surface area (Å²) >= 11 is 0. The fourth-order valence-corrected chi connectivity index (χ4v) is 1.07. The number of nitrogens with two attached hydrogens (primary N) is 5. The summed E-state index contributed by atoms with van der Waals surface area (Å²) < 4.78 is 0. The molecule has 0 aromatic carbocycles. The van der Waals surface area contributed by atoms with Gasteiger partial charge < -0.3 is 28.7 Å². The lowest BCUT2D eigenvalue weighted by Gasteiger charge is -1.96. The summed E-state index contributed by atoms with van der Waals surface area (Å²) in [5.41, 5.74) is 27.0. The predicted molar refractivity (Wildman–Crippen MR) is 70.5 cm³/mol. The van der Waals surface area contributed by atoms with E-state index in [1.807, 2.05) is 0 Å². The molecule has 0 radical (unpaired) electrons. The van der Waals surface area contributed by atoms with E-state index in [0.717, 1.165) is 0 Å². The maximum Gasteiger partial charge on any atom is 0.127 e. The second kappa shape index (κ2) is 5.40. The van der Waals surface area contributed by atoms with Gasteiger partial charge in [-0.15, -0.1) is 0 Å². The molecule has 0 aliphatic carbocycles. The number of anilines is 5. The molecular formula is C10H15N7. The summed E-state index contributed by atoms with van der Waals surface area (Å²) in [6.07, 6.45) is 0. The molecular weight excluding hydrogens is 218 g/mol. The van der Waals surface area contributed by atoms with Crippen LogP contribution in [0.5, 0.6) is 0 Å². The number of aromatic nitrogens is 2. The van der Waals surface area contributed by atoms with E-state index in [9.17, 15) is 0 Å². The molecule has 0 spiro atoms. The monoisotopic (exact) mass is 233 g/mol. The first-order valence-electron chi connectivity index (χ1n) is 4.74. The van der Waals surface area contributed by atoms with Gasteiger partial charge in [-0.25, -0.2) is 9.97 Å². The van der Waals surface area contributed by atoms with E-state index in [1.165, 1.54) is 0 Å². The average molecular weight is 233 g/mol. The van der Waals surface area contributed by atoms with Gasteiger partial charge in [-0.3, -0.25) is 0 Å². The largest absolute Gasteiger partial charge is 0.399 e. The van der Waals surface area contributed by atoms with E-state index in [0.29, 0.717) is 29.0 Å². The fraction of sp³-hybridized carbons (Fsp3) is 0. The molecule has 0 fully saturated rings. The van der Waals surface area contributed by atoms with Gasteiger partial charge in [-0.05, 0) is 12.1 Å². The molecule has 2 rings (SSSR count). The third-order valence-electron chi connectivity index (χ3n) is 1.68. The predicted octanol–water partition coefficient (Wildman–Crippen LogP) is 0.0742. The zero-order valence-corrected chi connectivity index (χ0v) is 9.17. The van der Waals surface area contributed by atoms with Crippen molar-refractivity contribution in [3.05, 3.63) is 30.3 Å². The first-order valence-corrected chi connectivity index (χ1v) is 4.74. The molecule has 2 heterocycles. The minimum absolute atomic E-state index is 0.354. The lowest BCUT2D eigenvalue weighted by Crippen LogP contribution is -1.97. The summed E-state index contributed by atoms with van der Waals surface area (Å²) in [6, 6.07) is 8.25. The summed E-state index contributed by atoms with van der Waals surface area (Å²) in [7, 11) is 0. The number of nitrogen functional groups attached to an aromatic ring is 5. The van der Waals surface area contributed by atoms with Crippen molar-refractivity contribution in [3.63, 3.8) is 0 Å². The van der Waals surface area contributed by atoms with Crippen LogP contribution in [0.4, 0.5) is 29.0 Å². The molecule has 0 aliphatic heterocycles. The third kappa shape index (κ3) is 4.56. The van der Waals surface area contributed by atoms with Gasteiger partial charge >= 0.3 is 0 Å². The standard InChI is InChI=1S/C5H8N4.C5H7N3/c6-3-1-4(7)9-5(8)2-3;6-4-2-1-3-5(7)8-4/h1-2H,(H6,6,7,8,9);1-3H,(H4,6,7,8). The van der Waals surface area contributed by atoms with E-state index in [4.69, 9.17) is 28.7 Å². The number of pyridine rings is 2. The SMILES string of the molecule is Nc1cc(N)nc(N)c1.Nc1cccc(N)n1. The second-order valence-electron chi connectivity index (χ2n) is 3.24. The zero-order chi connectivity index (χ0) is 12.8. The Morgan fingerprint density at radius 2 is 1.06 bits per heavy atom. The summed E-state index contributed by atoms with van der Waals surface area (Å²) in [5, 5.41) is 0. The summed E-state index contributed by atoms with van der Waals surface area (Å²) in [4.78, 5) is 7.44. The molecule has 7 nitrogen and oxygen atoms in total. The first-order chi connectivity index (χ1) is 7.97. The molecule has 0 aliphatic rings. The van der Waals surface area contributed by atoms with Gasteiger partial charge in [-0.2, -0.15) is 0 Å². The molecule has 0 amide bonds. The molecule has 0 bridgehead atoms. The lowest BCUT2D eigenvalue weighted by molar-refractivity contribution is 1.34. The lowest BCUT2D eigenvalue weighted by atomic mass is 10.4. The van der Waals surface area contributed by atoms with Crippen molar-refractivity contribution in [2.45, 2.75) is 0 Å². The maximum atomic E-state index is 5.36. The van der Waals surface area contributed by atoms with E-state index in [1.54, 1.807) is 30.3 Å². The highest BCUT2D eigenvalue weighted by molar-refractivity contribution is 5.54. The molecule has 2 aromatic heterocycles. The van der Waals surface area contributed by atoms with E-state index in [2.05, 4.69) is 9.97 Å². The summed E-state index contributed by atoms with van der Waals surface area (Å²) in [6.45, 7) is 0. The first kappa shape index (κ1) is 12.4. The van der Waals surface area contributed by atoms with Crippen LogP contribution >= 0.6 is 0 Å². The normalized spacial score (nSPS) is 9.18. The van der Waals surface area contributed by atoms with Gasteiger partial charge in [0.2, 0.25) is 0 Å². The van der Waals surface area contributed by atoms with Gasteiger partial charge in [0, 0.05) is 17.8 Å². The van der Waals surface area contributed by atoms with Crippen LogP contribution in [0.25, 0.3) is 0 Å². The Hall–Kier alpha value is -2.70. The minimum Gasteiger partial charge on any atom is -0.399 e. The van der Waals surface area contributed by atoms with Gasteiger partial charge in [0.1, 0.15) is 23.3 Å². The molecule has 0 saturated heterocycles. The topological polar surface area (TPSA) is 156 Å². The number of hydrogen-bond acceptors (Lipinski definition) is 7. The molecule has 2 aromatic rings. The van der Waals surface area contributed by atoms with Crippen LogP contribution < -0.4 is 28.7 Å². The van der Waals surface area contributed by atoms with Crippen molar-refractivity contribution >= 4 is 29.0 Å². The Morgan fingerprint density at radius 1 is 0.647 bits per heavy atom. The molecule has 0 saturated carbocycles. The van der Waals surface area contributed by atoms with Crippen LogP contribution in [-0.4, -0.2) is 9.97 Å². The van der Waals surface area contributed by atoms with Crippen LogP contribution in [0, 0.1) is 0 Å². The Bertz CT molecular complexity index is 430. The molecule has 17 heavy (non-hydrogen) atoms. The Morgan fingerprint density at radius 3 is 1.35 bits per heavy atom. The third-order valence-corrected chi connectivity index (χ3v) is 1.68. The Labute approximate surface area is 98.6 Å².